The second-order valence-corrected chi connectivity index (χ2v) is 9.00. The third kappa shape index (κ3) is 5.51. The van der Waals surface area contributed by atoms with Gasteiger partial charge in [0.05, 0.1) is 18.5 Å². The van der Waals surface area contributed by atoms with Crippen LogP contribution in [0.4, 0.5) is 0 Å². The van der Waals surface area contributed by atoms with E-state index in [0.29, 0.717) is 32.7 Å². The molecule has 1 saturated carbocycles. The van der Waals surface area contributed by atoms with Crippen LogP contribution in [0.5, 0.6) is 0 Å². The molecule has 0 unspecified atom stereocenters. The fraction of sp³-hybridized carbons (Fsp3) is 1.00. The molecule has 0 aromatic rings. The van der Waals surface area contributed by atoms with Crippen LogP contribution in [0, 0.1) is 5.41 Å². The van der Waals surface area contributed by atoms with E-state index in [0.717, 1.165) is 12.8 Å². The molecule has 0 radical (unpaired) electrons. The first-order valence-electron chi connectivity index (χ1n) is 7.61. The van der Waals surface area contributed by atoms with Crippen molar-refractivity contribution in [2.75, 3.05) is 25.6 Å². The highest BCUT2D eigenvalue weighted by atomic mass is 35.7. The summed E-state index contributed by atoms with van der Waals surface area (Å²) < 4.78 is 34.4. The average molecular weight is 325 g/mol. The molecule has 1 aliphatic carbocycles. The molecule has 2 aliphatic rings. The molecule has 20 heavy (non-hydrogen) atoms. The second kappa shape index (κ2) is 7.43. The van der Waals surface area contributed by atoms with Gasteiger partial charge in [0.2, 0.25) is 9.05 Å². The van der Waals surface area contributed by atoms with Crippen molar-refractivity contribution in [3.05, 3.63) is 0 Å². The summed E-state index contributed by atoms with van der Waals surface area (Å²) in [5, 5.41) is 0. The van der Waals surface area contributed by atoms with Crippen molar-refractivity contribution in [2.24, 2.45) is 5.41 Å². The van der Waals surface area contributed by atoms with Gasteiger partial charge >= 0.3 is 0 Å². The Labute approximate surface area is 126 Å². The lowest BCUT2D eigenvalue weighted by molar-refractivity contribution is -0.0561. The Morgan fingerprint density at radius 2 is 1.70 bits per heavy atom. The van der Waals surface area contributed by atoms with Gasteiger partial charge in [-0.3, -0.25) is 0 Å². The third-order valence-corrected chi connectivity index (χ3v) is 5.74. The summed E-state index contributed by atoms with van der Waals surface area (Å²) in [6.07, 6.45) is 8.92. The first-order chi connectivity index (χ1) is 9.49. The molecule has 6 heteroatoms. The Hall–Kier alpha value is 0.160. The first kappa shape index (κ1) is 16.5. The van der Waals surface area contributed by atoms with Gasteiger partial charge in [-0.2, -0.15) is 0 Å². The number of halogens is 1. The van der Waals surface area contributed by atoms with Crippen molar-refractivity contribution >= 4 is 19.7 Å². The maximum atomic E-state index is 11.5. The zero-order valence-electron chi connectivity index (χ0n) is 12.0. The molecule has 1 aliphatic heterocycles. The van der Waals surface area contributed by atoms with Crippen LogP contribution in [0.1, 0.15) is 51.4 Å². The summed E-state index contributed by atoms with van der Waals surface area (Å²) >= 11 is 0. The lowest BCUT2D eigenvalue weighted by Gasteiger charge is -2.37. The van der Waals surface area contributed by atoms with Gasteiger partial charge in [0.15, 0.2) is 0 Å². The molecule has 0 bridgehead atoms. The van der Waals surface area contributed by atoms with Crippen molar-refractivity contribution in [2.45, 2.75) is 57.5 Å². The maximum Gasteiger partial charge on any atom is 0.233 e. The predicted octanol–water partition coefficient (Wildman–Crippen LogP) is 3.09. The van der Waals surface area contributed by atoms with Gasteiger partial charge in [-0.05, 0) is 25.7 Å². The molecular weight excluding hydrogens is 300 g/mol. The molecule has 1 heterocycles. The standard InChI is InChI=1S/C14H25ClO4S/c15-20(16,17)12-14(7-9-18-10-8-14)11-19-13-5-3-1-2-4-6-13/h13H,1-12H2. The highest BCUT2D eigenvalue weighted by molar-refractivity contribution is 8.13. The van der Waals surface area contributed by atoms with E-state index in [1.165, 1.54) is 25.7 Å². The zero-order valence-corrected chi connectivity index (χ0v) is 13.6. The van der Waals surface area contributed by atoms with Crippen LogP contribution in [0.15, 0.2) is 0 Å². The van der Waals surface area contributed by atoms with Crippen LogP contribution in [0.25, 0.3) is 0 Å². The average Bonchev–Trinajstić information content (AvgIpc) is 2.64. The number of hydrogen-bond donors (Lipinski definition) is 0. The lowest BCUT2D eigenvalue weighted by atomic mass is 9.83. The molecule has 0 aromatic heterocycles. The second-order valence-electron chi connectivity index (χ2n) is 6.22. The van der Waals surface area contributed by atoms with Gasteiger partial charge in [-0.15, -0.1) is 0 Å². The molecule has 1 saturated heterocycles. The molecule has 0 atom stereocenters. The number of hydrogen-bond acceptors (Lipinski definition) is 4. The maximum absolute atomic E-state index is 11.5. The summed E-state index contributed by atoms with van der Waals surface area (Å²) in [5.41, 5.74) is -0.356. The monoisotopic (exact) mass is 324 g/mol. The molecule has 0 aromatic carbocycles. The van der Waals surface area contributed by atoms with Crippen LogP contribution in [0.3, 0.4) is 0 Å². The van der Waals surface area contributed by atoms with Crippen LogP contribution in [-0.4, -0.2) is 40.1 Å². The fourth-order valence-corrected chi connectivity index (χ4v) is 5.00. The van der Waals surface area contributed by atoms with E-state index in [1.807, 2.05) is 0 Å². The minimum absolute atomic E-state index is 0.00235. The smallest absolute Gasteiger partial charge is 0.233 e. The van der Waals surface area contributed by atoms with Gasteiger partial charge < -0.3 is 9.47 Å². The van der Waals surface area contributed by atoms with Crippen LogP contribution < -0.4 is 0 Å². The lowest BCUT2D eigenvalue weighted by Crippen LogP contribution is -2.40. The first-order valence-corrected chi connectivity index (χ1v) is 10.1. The molecule has 0 N–H and O–H groups in total. The van der Waals surface area contributed by atoms with Crippen molar-refractivity contribution < 1.29 is 17.9 Å². The Kier molecular flexibility index (Phi) is 6.14. The molecular formula is C14H25ClO4S. The minimum atomic E-state index is -3.51. The minimum Gasteiger partial charge on any atom is -0.381 e. The largest absolute Gasteiger partial charge is 0.381 e. The van der Waals surface area contributed by atoms with Gasteiger partial charge in [0.1, 0.15) is 0 Å². The SMILES string of the molecule is O=S(=O)(Cl)CC1(COC2CCCCCC2)CCOCC1. The van der Waals surface area contributed by atoms with Crippen LogP contribution in [0.2, 0.25) is 0 Å². The topological polar surface area (TPSA) is 52.6 Å². The van der Waals surface area contributed by atoms with E-state index < -0.39 is 9.05 Å². The van der Waals surface area contributed by atoms with E-state index in [4.69, 9.17) is 20.2 Å². The summed E-state index contributed by atoms with van der Waals surface area (Å²) in [6, 6.07) is 0. The van der Waals surface area contributed by atoms with Gasteiger partial charge in [-0.1, -0.05) is 25.7 Å². The van der Waals surface area contributed by atoms with Crippen molar-refractivity contribution in [1.29, 1.82) is 0 Å². The molecule has 2 rings (SSSR count). The highest BCUT2D eigenvalue weighted by Gasteiger charge is 2.37. The van der Waals surface area contributed by atoms with E-state index in [-0.39, 0.29) is 17.3 Å². The van der Waals surface area contributed by atoms with E-state index >= 15 is 0 Å². The highest BCUT2D eigenvalue weighted by Crippen LogP contribution is 2.34. The molecule has 0 spiro atoms. The number of ether oxygens (including phenoxy) is 2. The van der Waals surface area contributed by atoms with Crippen LogP contribution in [-0.2, 0) is 18.5 Å². The summed E-state index contributed by atoms with van der Waals surface area (Å²) in [5.74, 6) is -0.00235. The van der Waals surface area contributed by atoms with E-state index in [2.05, 4.69) is 0 Å². The van der Waals surface area contributed by atoms with E-state index in [9.17, 15) is 8.42 Å². The van der Waals surface area contributed by atoms with Crippen LogP contribution >= 0.6 is 10.7 Å². The predicted molar refractivity (Wildman–Crippen MR) is 79.6 cm³/mol. The fourth-order valence-electron chi connectivity index (χ4n) is 3.20. The zero-order chi connectivity index (χ0) is 14.5. The van der Waals surface area contributed by atoms with E-state index in [1.54, 1.807) is 0 Å². The van der Waals surface area contributed by atoms with Gasteiger partial charge in [-0.25, -0.2) is 8.42 Å². The molecule has 0 amide bonds. The van der Waals surface area contributed by atoms with Crippen molar-refractivity contribution in [3.63, 3.8) is 0 Å². The quantitative estimate of drug-likeness (QED) is 0.576. The van der Waals surface area contributed by atoms with Crippen molar-refractivity contribution in [1.82, 2.24) is 0 Å². The van der Waals surface area contributed by atoms with Gasteiger partial charge in [0, 0.05) is 29.3 Å². The number of rotatable bonds is 5. The Balaban J connectivity index is 1.93. The Bertz CT molecular complexity index is 382. The molecule has 2 fully saturated rings. The van der Waals surface area contributed by atoms with Gasteiger partial charge in [0.25, 0.3) is 0 Å². The summed E-state index contributed by atoms with van der Waals surface area (Å²) in [7, 11) is 1.97. The molecule has 118 valence electrons. The summed E-state index contributed by atoms with van der Waals surface area (Å²) in [4.78, 5) is 0. The third-order valence-electron chi connectivity index (χ3n) is 4.46. The Morgan fingerprint density at radius 1 is 1.10 bits per heavy atom. The van der Waals surface area contributed by atoms with Crippen molar-refractivity contribution in [3.8, 4) is 0 Å². The normalized spacial score (nSPS) is 25.2. The summed E-state index contributed by atoms with van der Waals surface area (Å²) in [6.45, 7) is 1.69. The Morgan fingerprint density at radius 3 is 2.25 bits per heavy atom. The molecule has 4 nitrogen and oxygen atoms in total.